The van der Waals surface area contributed by atoms with E-state index in [0.717, 1.165) is 11.3 Å². The monoisotopic (exact) mass is 352 g/mol. The summed E-state index contributed by atoms with van der Waals surface area (Å²) in [7, 11) is 1.62. The van der Waals surface area contributed by atoms with Crippen LogP contribution in [0.2, 0.25) is 0 Å². The first-order chi connectivity index (χ1) is 12.6. The van der Waals surface area contributed by atoms with Crippen LogP contribution in [-0.2, 0) is 6.54 Å². The van der Waals surface area contributed by atoms with Gasteiger partial charge in [0.05, 0.1) is 7.11 Å². The van der Waals surface area contributed by atoms with Gasteiger partial charge in [-0.2, -0.15) is 0 Å². The van der Waals surface area contributed by atoms with Crippen LogP contribution in [0.3, 0.4) is 0 Å². The molecule has 2 N–H and O–H groups in total. The fourth-order valence-corrected chi connectivity index (χ4v) is 2.25. The molecule has 132 valence electrons. The van der Waals surface area contributed by atoms with Crippen LogP contribution in [0.15, 0.2) is 60.7 Å². The van der Waals surface area contributed by atoms with Crippen LogP contribution in [-0.4, -0.2) is 23.2 Å². The lowest BCUT2D eigenvalue weighted by atomic mass is 10.2. The third-order valence-corrected chi connectivity index (χ3v) is 3.61. The molecule has 7 heteroatoms. The second kappa shape index (κ2) is 8.06. The lowest BCUT2D eigenvalue weighted by Gasteiger charge is -2.07. The number of hydrogen-bond donors (Lipinski definition) is 2. The smallest absolute Gasteiger partial charge is 0.276 e. The predicted molar refractivity (Wildman–Crippen MR) is 96.7 cm³/mol. The summed E-state index contributed by atoms with van der Waals surface area (Å²) in [4.78, 5) is 12.1. The second-order valence-electron chi connectivity index (χ2n) is 5.47. The van der Waals surface area contributed by atoms with Crippen LogP contribution in [0.5, 0.6) is 5.75 Å². The minimum absolute atomic E-state index is 0.143. The van der Waals surface area contributed by atoms with Crippen molar-refractivity contribution in [2.24, 2.45) is 0 Å². The Hall–Kier alpha value is -3.48. The standard InChI is InChI=1S/C19H17FN4O2/c1-26-16-7-5-13(6-8-16)12-21-18-10-9-17(23-24-18)19(25)22-15-4-2-3-14(20)11-15/h2-11H,12H2,1H3,(H,21,24)(H,22,25). The molecule has 6 nitrogen and oxygen atoms in total. The van der Waals surface area contributed by atoms with Gasteiger partial charge in [0.25, 0.3) is 5.91 Å². The van der Waals surface area contributed by atoms with E-state index in [-0.39, 0.29) is 5.69 Å². The zero-order valence-electron chi connectivity index (χ0n) is 14.1. The summed E-state index contributed by atoms with van der Waals surface area (Å²) in [6.07, 6.45) is 0. The number of aromatic nitrogens is 2. The number of benzene rings is 2. The van der Waals surface area contributed by atoms with Crippen molar-refractivity contribution in [3.8, 4) is 5.75 Å². The van der Waals surface area contributed by atoms with E-state index in [2.05, 4.69) is 20.8 Å². The van der Waals surface area contributed by atoms with Gasteiger partial charge in [-0.1, -0.05) is 18.2 Å². The maximum absolute atomic E-state index is 13.1. The molecule has 0 spiro atoms. The van der Waals surface area contributed by atoms with Gasteiger partial charge in [0.1, 0.15) is 17.4 Å². The average molecular weight is 352 g/mol. The predicted octanol–water partition coefficient (Wildman–Crippen LogP) is 3.49. The maximum atomic E-state index is 13.1. The number of nitrogens with one attached hydrogen (secondary N) is 2. The lowest BCUT2D eigenvalue weighted by Crippen LogP contribution is -2.15. The van der Waals surface area contributed by atoms with Crippen LogP contribution >= 0.6 is 0 Å². The molecule has 0 atom stereocenters. The normalized spacial score (nSPS) is 10.2. The maximum Gasteiger partial charge on any atom is 0.276 e. The molecule has 0 aliphatic heterocycles. The number of carbonyl (C=O) groups excluding carboxylic acids is 1. The minimum Gasteiger partial charge on any atom is -0.497 e. The first-order valence-electron chi connectivity index (χ1n) is 7.91. The molecule has 0 saturated heterocycles. The average Bonchev–Trinajstić information content (AvgIpc) is 2.67. The molecule has 0 aliphatic rings. The fourth-order valence-electron chi connectivity index (χ4n) is 2.25. The molecular formula is C19H17FN4O2. The van der Waals surface area contributed by atoms with Crippen LogP contribution in [0.1, 0.15) is 16.1 Å². The summed E-state index contributed by atoms with van der Waals surface area (Å²) in [6.45, 7) is 0.563. The zero-order valence-corrected chi connectivity index (χ0v) is 14.1. The van der Waals surface area contributed by atoms with Crippen LogP contribution in [0.25, 0.3) is 0 Å². The number of ether oxygens (including phenoxy) is 1. The van der Waals surface area contributed by atoms with Gasteiger partial charge in [0.2, 0.25) is 0 Å². The summed E-state index contributed by atoms with van der Waals surface area (Å²) in [5, 5.41) is 13.6. The number of rotatable bonds is 6. The SMILES string of the molecule is COc1ccc(CNc2ccc(C(=O)Nc3cccc(F)c3)nn2)cc1. The van der Waals surface area contributed by atoms with Crippen LogP contribution in [0, 0.1) is 5.82 Å². The third kappa shape index (κ3) is 4.54. The van der Waals surface area contributed by atoms with E-state index >= 15 is 0 Å². The molecule has 0 bridgehead atoms. The van der Waals surface area contributed by atoms with Gasteiger partial charge >= 0.3 is 0 Å². The Morgan fingerprint density at radius 1 is 1.08 bits per heavy atom. The quantitative estimate of drug-likeness (QED) is 0.710. The van der Waals surface area contributed by atoms with E-state index in [1.165, 1.54) is 18.2 Å². The minimum atomic E-state index is -0.454. The summed E-state index contributed by atoms with van der Waals surface area (Å²) < 4.78 is 18.3. The van der Waals surface area contributed by atoms with Crippen molar-refractivity contribution in [1.29, 1.82) is 0 Å². The molecule has 2 aromatic carbocycles. The molecular weight excluding hydrogens is 335 g/mol. The highest BCUT2D eigenvalue weighted by molar-refractivity contribution is 6.02. The molecule has 0 fully saturated rings. The van der Waals surface area contributed by atoms with E-state index in [1.54, 1.807) is 25.3 Å². The molecule has 1 aromatic heterocycles. The number of methoxy groups -OCH3 is 1. The molecule has 3 rings (SSSR count). The molecule has 0 aliphatic carbocycles. The highest BCUT2D eigenvalue weighted by Crippen LogP contribution is 2.13. The lowest BCUT2D eigenvalue weighted by molar-refractivity contribution is 0.102. The number of carbonyl (C=O) groups is 1. The Kier molecular flexibility index (Phi) is 5.38. The molecule has 0 radical (unpaired) electrons. The van der Waals surface area contributed by atoms with Gasteiger partial charge in [-0.3, -0.25) is 4.79 Å². The van der Waals surface area contributed by atoms with Crippen molar-refractivity contribution in [2.45, 2.75) is 6.54 Å². The van der Waals surface area contributed by atoms with Crippen LogP contribution < -0.4 is 15.4 Å². The van der Waals surface area contributed by atoms with Gasteiger partial charge in [0.15, 0.2) is 5.69 Å². The van der Waals surface area contributed by atoms with Crippen molar-refractivity contribution >= 4 is 17.4 Å². The zero-order chi connectivity index (χ0) is 18.4. The molecule has 0 unspecified atom stereocenters. The number of halogens is 1. The number of nitrogens with zero attached hydrogens (tertiary/aromatic N) is 2. The largest absolute Gasteiger partial charge is 0.497 e. The number of anilines is 2. The second-order valence-corrected chi connectivity index (χ2v) is 5.47. The summed E-state index contributed by atoms with van der Waals surface area (Å²) in [5.74, 6) is 0.460. The highest BCUT2D eigenvalue weighted by atomic mass is 19.1. The van der Waals surface area contributed by atoms with Crippen molar-refractivity contribution in [1.82, 2.24) is 10.2 Å². The molecule has 0 saturated carbocycles. The molecule has 1 amide bonds. The van der Waals surface area contributed by atoms with Gasteiger partial charge < -0.3 is 15.4 Å². The van der Waals surface area contributed by atoms with Gasteiger partial charge in [-0.05, 0) is 48.0 Å². The van der Waals surface area contributed by atoms with Crippen molar-refractivity contribution in [3.05, 3.63) is 77.7 Å². The van der Waals surface area contributed by atoms with Crippen molar-refractivity contribution in [3.63, 3.8) is 0 Å². The summed E-state index contributed by atoms with van der Waals surface area (Å²) in [6, 6.07) is 16.5. The Labute approximate surface area is 150 Å². The Morgan fingerprint density at radius 2 is 1.88 bits per heavy atom. The van der Waals surface area contributed by atoms with Crippen molar-refractivity contribution in [2.75, 3.05) is 17.7 Å². The van der Waals surface area contributed by atoms with Gasteiger partial charge in [-0.15, -0.1) is 10.2 Å². The number of hydrogen-bond acceptors (Lipinski definition) is 5. The highest BCUT2D eigenvalue weighted by Gasteiger charge is 2.09. The van der Waals surface area contributed by atoms with Gasteiger partial charge in [0, 0.05) is 12.2 Å². The van der Waals surface area contributed by atoms with E-state index in [1.807, 2.05) is 24.3 Å². The van der Waals surface area contributed by atoms with Crippen molar-refractivity contribution < 1.29 is 13.9 Å². The molecule has 3 aromatic rings. The first kappa shape index (κ1) is 17.3. The molecule has 1 heterocycles. The Morgan fingerprint density at radius 3 is 2.54 bits per heavy atom. The Balaban J connectivity index is 1.57. The summed E-state index contributed by atoms with van der Waals surface area (Å²) in [5.41, 5.74) is 1.56. The number of amides is 1. The fraction of sp³-hybridized carbons (Fsp3) is 0.105. The van der Waals surface area contributed by atoms with E-state index in [9.17, 15) is 9.18 Å². The van der Waals surface area contributed by atoms with Crippen LogP contribution in [0.4, 0.5) is 15.9 Å². The third-order valence-electron chi connectivity index (χ3n) is 3.61. The topological polar surface area (TPSA) is 76.1 Å². The van der Waals surface area contributed by atoms with E-state index < -0.39 is 11.7 Å². The molecule has 26 heavy (non-hydrogen) atoms. The van der Waals surface area contributed by atoms with E-state index in [0.29, 0.717) is 18.1 Å². The van der Waals surface area contributed by atoms with Gasteiger partial charge in [-0.25, -0.2) is 4.39 Å². The van der Waals surface area contributed by atoms with E-state index in [4.69, 9.17) is 4.74 Å². The Bertz CT molecular complexity index is 883. The first-order valence-corrected chi connectivity index (χ1v) is 7.91. The summed E-state index contributed by atoms with van der Waals surface area (Å²) >= 11 is 0.